The summed E-state index contributed by atoms with van der Waals surface area (Å²) in [5, 5.41) is 5.18. The third-order valence-corrected chi connectivity index (χ3v) is 5.20. The van der Waals surface area contributed by atoms with Crippen molar-refractivity contribution in [2.75, 3.05) is 18.5 Å². The number of carbonyl (C=O) groups is 1. The van der Waals surface area contributed by atoms with E-state index >= 15 is 0 Å². The molecule has 0 unspecified atom stereocenters. The summed E-state index contributed by atoms with van der Waals surface area (Å²) in [5.41, 5.74) is 3.87. The van der Waals surface area contributed by atoms with Gasteiger partial charge in [0.25, 0.3) is 0 Å². The standard InChI is InChI=1S/C22H16N4O3S/c27-21(8-6-15-12-23-16-3-1-2-4-17(16)24-15)26-22-25-18(13-30-22)14-5-7-19-20(11-14)29-10-9-28-19/h1-8,11-13H,9-10H2,(H,25,26,27)/b8-6+. The Bertz CT molecular complexity index is 1270. The van der Waals surface area contributed by atoms with E-state index in [2.05, 4.69) is 20.3 Å². The van der Waals surface area contributed by atoms with Gasteiger partial charge in [0, 0.05) is 17.0 Å². The second-order valence-corrected chi connectivity index (χ2v) is 7.36. The molecule has 148 valence electrons. The first kappa shape index (κ1) is 18.3. The molecule has 0 radical (unpaired) electrons. The molecule has 2 aromatic carbocycles. The van der Waals surface area contributed by atoms with Gasteiger partial charge in [-0.3, -0.25) is 15.1 Å². The van der Waals surface area contributed by atoms with Crippen molar-refractivity contribution in [1.29, 1.82) is 0 Å². The van der Waals surface area contributed by atoms with E-state index in [1.807, 2.05) is 47.8 Å². The minimum absolute atomic E-state index is 0.284. The number of anilines is 1. The maximum atomic E-state index is 12.3. The Hall–Kier alpha value is -3.78. The average molecular weight is 416 g/mol. The van der Waals surface area contributed by atoms with Crippen molar-refractivity contribution in [3.8, 4) is 22.8 Å². The highest BCUT2D eigenvalue weighted by Gasteiger charge is 2.14. The van der Waals surface area contributed by atoms with Gasteiger partial charge >= 0.3 is 0 Å². The molecule has 8 heteroatoms. The van der Waals surface area contributed by atoms with Crippen LogP contribution in [0.2, 0.25) is 0 Å². The number of rotatable bonds is 4. The fraction of sp³-hybridized carbons (Fsp3) is 0.0909. The molecule has 0 fully saturated rings. The van der Waals surface area contributed by atoms with Crippen LogP contribution in [0.3, 0.4) is 0 Å². The number of carbonyl (C=O) groups excluding carboxylic acids is 1. The van der Waals surface area contributed by atoms with Crippen molar-refractivity contribution in [2.45, 2.75) is 0 Å². The van der Waals surface area contributed by atoms with Gasteiger partial charge < -0.3 is 9.47 Å². The molecule has 5 rings (SSSR count). The van der Waals surface area contributed by atoms with Crippen molar-refractivity contribution in [3.05, 3.63) is 65.8 Å². The van der Waals surface area contributed by atoms with Gasteiger partial charge in [0.15, 0.2) is 16.6 Å². The Balaban J connectivity index is 1.27. The van der Waals surface area contributed by atoms with Gasteiger partial charge in [0.2, 0.25) is 5.91 Å². The van der Waals surface area contributed by atoms with Gasteiger partial charge in [-0.25, -0.2) is 9.97 Å². The molecule has 1 N–H and O–H groups in total. The number of fused-ring (bicyclic) bond motifs is 2. The molecule has 2 aromatic heterocycles. The van der Waals surface area contributed by atoms with E-state index in [0.717, 1.165) is 28.0 Å². The van der Waals surface area contributed by atoms with Crippen LogP contribution in [-0.2, 0) is 4.79 Å². The van der Waals surface area contributed by atoms with Crippen LogP contribution < -0.4 is 14.8 Å². The molecule has 30 heavy (non-hydrogen) atoms. The van der Waals surface area contributed by atoms with Crippen LogP contribution in [0, 0.1) is 0 Å². The lowest BCUT2D eigenvalue weighted by Gasteiger charge is -2.18. The molecule has 0 aliphatic carbocycles. The van der Waals surface area contributed by atoms with Gasteiger partial charge in [-0.05, 0) is 36.4 Å². The Kier molecular flexibility index (Phi) is 4.82. The van der Waals surface area contributed by atoms with Gasteiger partial charge in [-0.1, -0.05) is 12.1 Å². The molecule has 1 aliphatic rings. The number of nitrogens with zero attached hydrogens (tertiary/aromatic N) is 3. The molecule has 1 aliphatic heterocycles. The maximum Gasteiger partial charge on any atom is 0.250 e. The van der Waals surface area contributed by atoms with Crippen LogP contribution in [0.1, 0.15) is 5.69 Å². The van der Waals surface area contributed by atoms with E-state index in [9.17, 15) is 4.79 Å². The van der Waals surface area contributed by atoms with Crippen LogP contribution in [0.15, 0.2) is 60.1 Å². The maximum absolute atomic E-state index is 12.3. The second kappa shape index (κ2) is 7.92. The predicted octanol–water partition coefficient (Wildman–Crippen LogP) is 4.18. The monoisotopic (exact) mass is 416 g/mol. The van der Waals surface area contributed by atoms with Gasteiger partial charge in [0.1, 0.15) is 13.2 Å². The van der Waals surface area contributed by atoms with Crippen LogP contribution in [0.5, 0.6) is 11.5 Å². The summed E-state index contributed by atoms with van der Waals surface area (Å²) in [6.45, 7) is 1.08. The minimum atomic E-state index is -0.284. The lowest BCUT2D eigenvalue weighted by atomic mass is 10.1. The second-order valence-electron chi connectivity index (χ2n) is 6.50. The summed E-state index contributed by atoms with van der Waals surface area (Å²) >= 11 is 1.36. The highest BCUT2D eigenvalue weighted by atomic mass is 32.1. The number of hydrogen-bond acceptors (Lipinski definition) is 7. The van der Waals surface area contributed by atoms with Crippen LogP contribution >= 0.6 is 11.3 Å². The third-order valence-electron chi connectivity index (χ3n) is 4.44. The van der Waals surface area contributed by atoms with E-state index in [0.29, 0.717) is 29.8 Å². The SMILES string of the molecule is O=C(/C=C/c1cnc2ccccc2n1)Nc1nc(-c2ccc3c(c2)OCCO3)cs1. The number of thiazole rings is 1. The molecule has 0 atom stereocenters. The van der Waals surface area contributed by atoms with Gasteiger partial charge in [-0.15, -0.1) is 11.3 Å². The summed E-state index contributed by atoms with van der Waals surface area (Å²) in [6, 6.07) is 13.3. The number of ether oxygens (including phenoxy) is 2. The Morgan fingerprint density at radius 3 is 2.77 bits per heavy atom. The molecule has 7 nitrogen and oxygen atoms in total. The first-order valence-electron chi connectivity index (χ1n) is 9.31. The lowest BCUT2D eigenvalue weighted by Crippen LogP contribution is -2.15. The molecular formula is C22H16N4O3S. The topological polar surface area (TPSA) is 86.2 Å². The molecule has 0 saturated carbocycles. The smallest absolute Gasteiger partial charge is 0.250 e. The molecule has 1 amide bonds. The van der Waals surface area contributed by atoms with Crippen molar-refractivity contribution in [1.82, 2.24) is 15.0 Å². The van der Waals surface area contributed by atoms with E-state index in [-0.39, 0.29) is 5.91 Å². The highest BCUT2D eigenvalue weighted by Crippen LogP contribution is 2.35. The number of amides is 1. The fourth-order valence-corrected chi connectivity index (χ4v) is 3.75. The molecule has 0 saturated heterocycles. The summed E-state index contributed by atoms with van der Waals surface area (Å²) in [6.07, 6.45) is 4.68. The highest BCUT2D eigenvalue weighted by molar-refractivity contribution is 7.14. The number of aromatic nitrogens is 3. The van der Waals surface area contributed by atoms with Crippen LogP contribution in [0.4, 0.5) is 5.13 Å². The Labute approximate surface area is 176 Å². The molecule has 0 spiro atoms. The van der Waals surface area contributed by atoms with E-state index in [4.69, 9.17) is 9.47 Å². The quantitative estimate of drug-likeness (QED) is 0.503. The zero-order valence-corrected chi connectivity index (χ0v) is 16.6. The normalized spacial score (nSPS) is 12.9. The third kappa shape index (κ3) is 3.85. The zero-order valence-electron chi connectivity index (χ0n) is 15.7. The zero-order chi connectivity index (χ0) is 20.3. The van der Waals surface area contributed by atoms with Crippen LogP contribution in [-0.4, -0.2) is 34.1 Å². The lowest BCUT2D eigenvalue weighted by molar-refractivity contribution is -0.111. The van der Waals surface area contributed by atoms with Crippen molar-refractivity contribution < 1.29 is 14.3 Å². The van der Waals surface area contributed by atoms with Crippen molar-refractivity contribution in [2.24, 2.45) is 0 Å². The van der Waals surface area contributed by atoms with Crippen molar-refractivity contribution >= 4 is 39.5 Å². The minimum Gasteiger partial charge on any atom is -0.486 e. The van der Waals surface area contributed by atoms with Crippen molar-refractivity contribution in [3.63, 3.8) is 0 Å². The predicted molar refractivity (Wildman–Crippen MR) is 116 cm³/mol. The molecule has 0 bridgehead atoms. The average Bonchev–Trinajstić information content (AvgIpc) is 3.25. The van der Waals surface area contributed by atoms with Gasteiger partial charge in [0.05, 0.1) is 28.6 Å². The number of hydrogen-bond donors (Lipinski definition) is 1. The fourth-order valence-electron chi connectivity index (χ4n) is 3.03. The molecule has 4 aromatic rings. The van der Waals surface area contributed by atoms with Crippen LogP contribution in [0.25, 0.3) is 28.4 Å². The largest absolute Gasteiger partial charge is 0.486 e. The first-order valence-corrected chi connectivity index (χ1v) is 10.2. The first-order chi connectivity index (χ1) is 14.7. The summed E-state index contributed by atoms with van der Waals surface area (Å²) < 4.78 is 11.2. The summed E-state index contributed by atoms with van der Waals surface area (Å²) in [7, 11) is 0. The summed E-state index contributed by atoms with van der Waals surface area (Å²) in [5.74, 6) is 1.15. The Morgan fingerprint density at radius 1 is 1.03 bits per heavy atom. The Morgan fingerprint density at radius 2 is 1.87 bits per heavy atom. The number of nitrogens with one attached hydrogen (secondary N) is 1. The summed E-state index contributed by atoms with van der Waals surface area (Å²) in [4.78, 5) is 25.6. The van der Waals surface area contributed by atoms with Gasteiger partial charge in [-0.2, -0.15) is 0 Å². The molecule has 3 heterocycles. The van der Waals surface area contributed by atoms with E-state index in [1.54, 1.807) is 12.3 Å². The molecular weight excluding hydrogens is 400 g/mol. The van der Waals surface area contributed by atoms with E-state index < -0.39 is 0 Å². The van der Waals surface area contributed by atoms with E-state index in [1.165, 1.54) is 17.4 Å². The number of para-hydroxylation sites is 2. The number of benzene rings is 2.